The van der Waals surface area contributed by atoms with Crippen molar-refractivity contribution in [3.8, 4) is 11.5 Å². The van der Waals surface area contributed by atoms with Crippen molar-refractivity contribution in [2.24, 2.45) is 0 Å². The molecule has 2 heterocycles. The number of carbonyl (C=O) groups excluding carboxylic acids is 2. The predicted molar refractivity (Wildman–Crippen MR) is 136 cm³/mol. The number of hydrogen-bond acceptors (Lipinski definition) is 5. The van der Waals surface area contributed by atoms with Crippen LogP contribution in [0.2, 0.25) is 0 Å². The number of rotatable bonds is 8. The maximum Gasteiger partial charge on any atom is 0.322 e. The molecule has 0 unspecified atom stereocenters. The normalized spacial score (nSPS) is 14.0. The van der Waals surface area contributed by atoms with E-state index >= 15 is 0 Å². The highest BCUT2D eigenvalue weighted by Crippen LogP contribution is 2.33. The van der Waals surface area contributed by atoms with Crippen LogP contribution in [0.15, 0.2) is 53.9 Å². The van der Waals surface area contributed by atoms with E-state index in [1.54, 1.807) is 16.2 Å². The van der Waals surface area contributed by atoms with Crippen LogP contribution < -0.4 is 14.8 Å². The summed E-state index contributed by atoms with van der Waals surface area (Å²) in [6.07, 6.45) is 1.83. The van der Waals surface area contributed by atoms with Crippen molar-refractivity contribution in [1.29, 1.82) is 0 Å². The average Bonchev–Trinajstić information content (AvgIpc) is 3.33. The number of fused-ring (bicyclic) bond motifs is 1. The number of carbonyl (C=O) groups is 2. The van der Waals surface area contributed by atoms with Gasteiger partial charge in [0.25, 0.3) is 0 Å². The largest absolute Gasteiger partial charge is 0.454 e. The fourth-order valence-corrected chi connectivity index (χ4v) is 4.94. The lowest BCUT2D eigenvalue weighted by molar-refractivity contribution is -0.133. The highest BCUT2D eigenvalue weighted by molar-refractivity contribution is 7.09. The van der Waals surface area contributed by atoms with E-state index in [-0.39, 0.29) is 31.3 Å². The van der Waals surface area contributed by atoms with Gasteiger partial charge in [0.1, 0.15) is 6.54 Å². The van der Waals surface area contributed by atoms with Gasteiger partial charge in [0, 0.05) is 23.2 Å². The number of benzene rings is 2. The molecule has 35 heavy (non-hydrogen) atoms. The van der Waals surface area contributed by atoms with Crippen molar-refractivity contribution in [3.63, 3.8) is 0 Å². The van der Waals surface area contributed by atoms with E-state index in [1.165, 1.54) is 0 Å². The molecule has 1 aliphatic heterocycles. The second kappa shape index (κ2) is 10.00. The van der Waals surface area contributed by atoms with Crippen molar-refractivity contribution >= 4 is 29.0 Å². The summed E-state index contributed by atoms with van der Waals surface area (Å²) in [7, 11) is 0. The van der Waals surface area contributed by atoms with Crippen molar-refractivity contribution in [3.05, 3.63) is 75.5 Å². The molecular formula is C27H29N3O4S. The third kappa shape index (κ3) is 5.59. The van der Waals surface area contributed by atoms with Gasteiger partial charge >= 0.3 is 6.03 Å². The first-order chi connectivity index (χ1) is 17.0. The molecule has 0 bridgehead atoms. The summed E-state index contributed by atoms with van der Waals surface area (Å²) in [5.41, 5.74) is 3.87. The molecule has 3 amide bonds. The molecule has 182 valence electrons. The van der Waals surface area contributed by atoms with Crippen LogP contribution in [0.1, 0.15) is 34.4 Å². The van der Waals surface area contributed by atoms with Gasteiger partial charge in [0.15, 0.2) is 11.5 Å². The molecular weight excluding hydrogens is 462 g/mol. The van der Waals surface area contributed by atoms with Crippen molar-refractivity contribution in [2.75, 3.05) is 18.7 Å². The van der Waals surface area contributed by atoms with E-state index in [0.29, 0.717) is 24.6 Å². The van der Waals surface area contributed by atoms with Gasteiger partial charge in [-0.05, 0) is 67.5 Å². The molecule has 5 rings (SSSR count). The zero-order valence-electron chi connectivity index (χ0n) is 20.0. The lowest BCUT2D eigenvalue weighted by atomic mass is 10.1. The fraction of sp³-hybridized carbons (Fsp3) is 0.333. The van der Waals surface area contributed by atoms with Crippen LogP contribution in [-0.4, -0.2) is 41.1 Å². The van der Waals surface area contributed by atoms with Crippen molar-refractivity contribution in [2.45, 2.75) is 45.8 Å². The third-order valence-electron chi connectivity index (χ3n) is 6.27. The number of urea groups is 1. The number of ether oxygens (including phenoxy) is 2. The Kier molecular flexibility index (Phi) is 6.63. The van der Waals surface area contributed by atoms with E-state index in [4.69, 9.17) is 9.47 Å². The van der Waals surface area contributed by atoms with Crippen LogP contribution in [0.5, 0.6) is 11.5 Å². The standard InChI is InChI=1S/C27H29N3O4S/c1-18-5-9-23(19(2)12-18)28-27(32)30(21-7-8-21)16-26(31)29(15-22-4-3-11-35-22)14-20-6-10-24-25(13-20)34-17-33-24/h3-6,9-13,21H,7-8,14-17H2,1-2H3,(H,28,32). The zero-order valence-corrected chi connectivity index (χ0v) is 20.8. The molecule has 7 nitrogen and oxygen atoms in total. The lowest BCUT2D eigenvalue weighted by Gasteiger charge is -2.28. The van der Waals surface area contributed by atoms with Crippen LogP contribution in [0.3, 0.4) is 0 Å². The highest BCUT2D eigenvalue weighted by atomic mass is 32.1. The minimum absolute atomic E-state index is 0.0390. The predicted octanol–water partition coefficient (Wildman–Crippen LogP) is 5.32. The summed E-state index contributed by atoms with van der Waals surface area (Å²) in [4.78, 5) is 31.4. The van der Waals surface area contributed by atoms with Crippen molar-refractivity contribution < 1.29 is 19.1 Å². The van der Waals surface area contributed by atoms with Gasteiger partial charge in [-0.25, -0.2) is 4.79 Å². The smallest absolute Gasteiger partial charge is 0.322 e. The zero-order chi connectivity index (χ0) is 24.4. The van der Waals surface area contributed by atoms with E-state index in [1.807, 2.05) is 72.7 Å². The molecule has 0 atom stereocenters. The number of aryl methyl sites for hydroxylation is 2. The van der Waals surface area contributed by atoms with Gasteiger partial charge in [-0.1, -0.05) is 29.8 Å². The first-order valence-corrected chi connectivity index (χ1v) is 12.7. The van der Waals surface area contributed by atoms with Crippen LogP contribution in [0, 0.1) is 13.8 Å². The third-order valence-corrected chi connectivity index (χ3v) is 7.13. The van der Waals surface area contributed by atoms with Crippen LogP contribution in [0.25, 0.3) is 0 Å². The Morgan fingerprint density at radius 1 is 1.03 bits per heavy atom. The Labute approximate surface area is 209 Å². The van der Waals surface area contributed by atoms with Gasteiger partial charge < -0.3 is 24.6 Å². The van der Waals surface area contributed by atoms with Gasteiger partial charge in [0.2, 0.25) is 12.7 Å². The topological polar surface area (TPSA) is 71.1 Å². The Morgan fingerprint density at radius 2 is 1.86 bits per heavy atom. The molecule has 1 aromatic heterocycles. The van der Waals surface area contributed by atoms with Gasteiger partial charge in [-0.2, -0.15) is 0 Å². The summed E-state index contributed by atoms with van der Waals surface area (Å²) in [6.45, 7) is 5.16. The number of amides is 3. The summed E-state index contributed by atoms with van der Waals surface area (Å²) < 4.78 is 10.9. The second-order valence-corrected chi connectivity index (χ2v) is 10.2. The highest BCUT2D eigenvalue weighted by Gasteiger charge is 2.35. The Morgan fingerprint density at radius 3 is 2.60 bits per heavy atom. The number of hydrogen-bond donors (Lipinski definition) is 1. The van der Waals surface area contributed by atoms with Crippen LogP contribution in [0.4, 0.5) is 10.5 Å². The second-order valence-electron chi connectivity index (χ2n) is 9.12. The maximum absolute atomic E-state index is 13.6. The summed E-state index contributed by atoms with van der Waals surface area (Å²) in [5, 5.41) is 5.02. The van der Waals surface area contributed by atoms with E-state index in [0.717, 1.165) is 40.1 Å². The number of nitrogens with zero attached hydrogens (tertiary/aromatic N) is 2. The minimum atomic E-state index is -0.230. The molecule has 2 aromatic carbocycles. The molecule has 0 radical (unpaired) electrons. The number of thiophene rings is 1. The van der Waals surface area contributed by atoms with Gasteiger partial charge in [-0.3, -0.25) is 4.79 Å². The van der Waals surface area contributed by atoms with E-state index < -0.39 is 0 Å². The molecule has 1 aliphatic carbocycles. The molecule has 0 saturated heterocycles. The molecule has 3 aromatic rings. The summed E-state index contributed by atoms with van der Waals surface area (Å²) >= 11 is 1.62. The van der Waals surface area contributed by atoms with Gasteiger partial charge in [-0.15, -0.1) is 11.3 Å². The lowest BCUT2D eigenvalue weighted by Crippen LogP contribution is -2.45. The molecule has 2 aliphatic rings. The number of anilines is 1. The average molecular weight is 492 g/mol. The first-order valence-electron chi connectivity index (χ1n) is 11.8. The first kappa shape index (κ1) is 23.2. The quantitative estimate of drug-likeness (QED) is 0.463. The molecule has 0 spiro atoms. The summed E-state index contributed by atoms with van der Waals surface area (Å²) in [5.74, 6) is 1.32. The monoisotopic (exact) mass is 491 g/mol. The maximum atomic E-state index is 13.6. The Hall–Kier alpha value is -3.52. The summed E-state index contributed by atoms with van der Waals surface area (Å²) in [6, 6.07) is 15.5. The fourth-order valence-electron chi connectivity index (χ4n) is 4.22. The van der Waals surface area contributed by atoms with E-state index in [9.17, 15) is 9.59 Å². The molecule has 1 fully saturated rings. The molecule has 1 saturated carbocycles. The van der Waals surface area contributed by atoms with Crippen LogP contribution in [-0.2, 0) is 17.9 Å². The Balaban J connectivity index is 1.32. The minimum Gasteiger partial charge on any atom is -0.454 e. The molecule has 8 heteroatoms. The van der Waals surface area contributed by atoms with E-state index in [2.05, 4.69) is 5.32 Å². The van der Waals surface area contributed by atoms with Crippen molar-refractivity contribution in [1.82, 2.24) is 9.80 Å². The molecule has 1 N–H and O–H groups in total. The van der Waals surface area contributed by atoms with Crippen LogP contribution >= 0.6 is 11.3 Å². The van der Waals surface area contributed by atoms with Gasteiger partial charge in [0.05, 0.1) is 6.54 Å². The Bertz CT molecular complexity index is 1220. The number of nitrogens with one attached hydrogen (secondary N) is 1. The SMILES string of the molecule is Cc1ccc(NC(=O)N(CC(=O)N(Cc2ccc3c(c2)OCO3)Cc2cccs2)C2CC2)c(C)c1.